The molecule has 0 radical (unpaired) electrons. The van der Waals surface area contributed by atoms with Gasteiger partial charge in [-0.15, -0.1) is 0 Å². The van der Waals surface area contributed by atoms with E-state index in [4.69, 9.17) is 18.2 Å². The number of aromatic nitrogens is 1. The lowest BCUT2D eigenvalue weighted by Crippen LogP contribution is -2.14. The topological polar surface area (TPSA) is 58.8 Å². The molecule has 0 aliphatic carbocycles. The molecule has 9 aromatic carbocycles. The van der Waals surface area contributed by atoms with E-state index in [9.17, 15) is 0 Å². The zero-order valence-corrected chi connectivity index (χ0v) is 32.8. The molecule has 0 N–H and O–H groups in total. The molecule has 12 rings (SSSR count). The molecule has 0 spiro atoms. The summed E-state index contributed by atoms with van der Waals surface area (Å²) in [5, 5.41) is 4.24. The van der Waals surface area contributed by atoms with Gasteiger partial charge in [-0.05, 0) is 96.6 Å². The number of oxazole rings is 1. The molecule has 0 fully saturated rings. The maximum Gasteiger partial charge on any atom is 0.227 e. The minimum Gasteiger partial charge on any atom is -0.456 e. The maximum atomic E-state index is 6.99. The van der Waals surface area contributed by atoms with Crippen molar-refractivity contribution in [2.75, 3.05) is 9.80 Å². The summed E-state index contributed by atoms with van der Waals surface area (Å²) in [6.45, 7) is 0. The van der Waals surface area contributed by atoms with Crippen LogP contribution in [0, 0.1) is 0 Å². The highest BCUT2D eigenvalue weighted by Gasteiger charge is 2.26. The molecule has 6 nitrogen and oxygen atoms in total. The minimum atomic E-state index is 0.498. The Hall–Kier alpha value is -8.35. The third-order valence-electron chi connectivity index (χ3n) is 11.5. The SMILES string of the molecule is c1ccc(-c2ccccc2N(c2ccccc2)c2cc(N(c3ccccc3)c3ccc4oc5ccccc5c4c3)cc3nc(-c4ccc5c(c4)oc4ccccc45)oc23)cc1. The summed E-state index contributed by atoms with van der Waals surface area (Å²) in [5.74, 6) is 0.498. The van der Waals surface area contributed by atoms with Crippen LogP contribution in [-0.2, 0) is 0 Å². The standard InChI is InChI=1S/C55H35N3O3/c1-4-16-36(17-5-1)42-22-10-13-25-48(42)58(39-20-8-3-9-21-39)49-35-41(34-47-54(49)61-55(56-47)37-28-30-45-43-23-11-14-26-50(43)60-53(45)32-37)57(38-18-6-2-7-19-38)40-29-31-52-46(33-40)44-24-12-15-27-51(44)59-52/h1-35H. The maximum absolute atomic E-state index is 6.99. The van der Waals surface area contributed by atoms with E-state index in [-0.39, 0.29) is 0 Å². The quantitative estimate of drug-likeness (QED) is 0.153. The fourth-order valence-corrected chi connectivity index (χ4v) is 8.67. The summed E-state index contributed by atoms with van der Waals surface area (Å²) in [7, 11) is 0. The first-order valence-electron chi connectivity index (χ1n) is 20.4. The fourth-order valence-electron chi connectivity index (χ4n) is 8.67. The van der Waals surface area contributed by atoms with Gasteiger partial charge in [0.1, 0.15) is 27.8 Å². The van der Waals surface area contributed by atoms with Crippen molar-refractivity contribution in [1.82, 2.24) is 4.98 Å². The molecule has 3 aromatic heterocycles. The van der Waals surface area contributed by atoms with Crippen molar-refractivity contribution < 1.29 is 13.3 Å². The van der Waals surface area contributed by atoms with E-state index in [1.165, 1.54) is 0 Å². The zero-order valence-electron chi connectivity index (χ0n) is 32.8. The number of para-hydroxylation sites is 5. The molecule has 288 valence electrons. The van der Waals surface area contributed by atoms with Gasteiger partial charge in [-0.1, -0.05) is 121 Å². The minimum absolute atomic E-state index is 0.498. The molecule has 12 aromatic rings. The summed E-state index contributed by atoms with van der Waals surface area (Å²) in [4.78, 5) is 9.87. The molecular weight excluding hydrogens is 751 g/mol. The first kappa shape index (κ1) is 34.7. The van der Waals surface area contributed by atoms with Gasteiger partial charge in [-0.2, -0.15) is 0 Å². The van der Waals surface area contributed by atoms with E-state index in [0.29, 0.717) is 17.0 Å². The van der Waals surface area contributed by atoms with Crippen molar-refractivity contribution in [2.45, 2.75) is 0 Å². The first-order valence-corrected chi connectivity index (χ1v) is 20.4. The van der Waals surface area contributed by atoms with E-state index >= 15 is 0 Å². The number of hydrogen-bond acceptors (Lipinski definition) is 6. The van der Waals surface area contributed by atoms with E-state index < -0.39 is 0 Å². The van der Waals surface area contributed by atoms with Gasteiger partial charge in [0, 0.05) is 49.7 Å². The van der Waals surface area contributed by atoms with Crippen LogP contribution in [-0.4, -0.2) is 4.98 Å². The Morgan fingerprint density at radius 1 is 0.328 bits per heavy atom. The zero-order chi connectivity index (χ0) is 40.3. The smallest absolute Gasteiger partial charge is 0.227 e. The molecular formula is C55H35N3O3. The van der Waals surface area contributed by atoms with Gasteiger partial charge in [0.15, 0.2) is 5.58 Å². The Labute approximate surface area is 350 Å². The summed E-state index contributed by atoms with van der Waals surface area (Å²) in [5.41, 5.74) is 13.4. The normalized spacial score (nSPS) is 11.6. The van der Waals surface area contributed by atoms with Gasteiger partial charge in [-0.25, -0.2) is 4.98 Å². The largest absolute Gasteiger partial charge is 0.456 e. The van der Waals surface area contributed by atoms with Crippen LogP contribution in [0.15, 0.2) is 226 Å². The van der Waals surface area contributed by atoms with Crippen LogP contribution in [0.1, 0.15) is 0 Å². The third kappa shape index (κ3) is 5.92. The van der Waals surface area contributed by atoms with Gasteiger partial charge in [0.05, 0.1) is 17.1 Å². The highest BCUT2D eigenvalue weighted by molar-refractivity contribution is 6.08. The Morgan fingerprint density at radius 2 is 0.918 bits per heavy atom. The number of anilines is 6. The van der Waals surface area contributed by atoms with E-state index in [0.717, 1.165) is 94.7 Å². The molecule has 61 heavy (non-hydrogen) atoms. The Balaban J connectivity index is 1.13. The fraction of sp³-hybridized carbons (Fsp3) is 0. The summed E-state index contributed by atoms with van der Waals surface area (Å²) in [6, 6.07) is 73.2. The Bertz CT molecular complexity index is 3550. The van der Waals surface area contributed by atoms with Crippen LogP contribution in [0.25, 0.3) is 77.6 Å². The van der Waals surface area contributed by atoms with Gasteiger partial charge < -0.3 is 23.1 Å². The lowest BCUT2D eigenvalue weighted by molar-refractivity contribution is 0.619. The van der Waals surface area contributed by atoms with Crippen LogP contribution in [0.5, 0.6) is 0 Å². The van der Waals surface area contributed by atoms with Crippen LogP contribution in [0.4, 0.5) is 34.1 Å². The van der Waals surface area contributed by atoms with Gasteiger partial charge >= 0.3 is 0 Å². The predicted molar refractivity (Wildman–Crippen MR) is 249 cm³/mol. The molecule has 3 heterocycles. The number of rotatable bonds is 8. The van der Waals surface area contributed by atoms with Crippen molar-refractivity contribution in [3.63, 3.8) is 0 Å². The molecule has 0 aliphatic rings. The van der Waals surface area contributed by atoms with Crippen molar-refractivity contribution in [3.8, 4) is 22.6 Å². The summed E-state index contributed by atoms with van der Waals surface area (Å²) < 4.78 is 19.6. The second-order valence-electron chi connectivity index (χ2n) is 15.1. The van der Waals surface area contributed by atoms with E-state index in [1.54, 1.807) is 0 Å². The van der Waals surface area contributed by atoms with Crippen LogP contribution in [0.2, 0.25) is 0 Å². The number of furan rings is 2. The Kier molecular flexibility index (Phi) is 8.06. The molecule has 0 aliphatic heterocycles. The highest BCUT2D eigenvalue weighted by atomic mass is 16.4. The predicted octanol–water partition coefficient (Wildman–Crippen LogP) is 15.9. The van der Waals surface area contributed by atoms with Crippen molar-refractivity contribution in [3.05, 3.63) is 212 Å². The molecule has 0 bridgehead atoms. The van der Waals surface area contributed by atoms with Crippen molar-refractivity contribution >= 4 is 89.1 Å². The number of hydrogen-bond donors (Lipinski definition) is 0. The second kappa shape index (κ2) is 14.2. The molecule has 0 atom stereocenters. The first-order chi connectivity index (χ1) is 30.2. The van der Waals surface area contributed by atoms with Crippen LogP contribution in [0.3, 0.4) is 0 Å². The van der Waals surface area contributed by atoms with Crippen molar-refractivity contribution in [2.24, 2.45) is 0 Å². The number of nitrogens with zero attached hydrogens (tertiary/aromatic N) is 3. The lowest BCUT2D eigenvalue weighted by Gasteiger charge is -2.30. The van der Waals surface area contributed by atoms with Crippen LogP contribution < -0.4 is 9.80 Å². The van der Waals surface area contributed by atoms with Crippen LogP contribution >= 0.6 is 0 Å². The van der Waals surface area contributed by atoms with Gasteiger partial charge in [0.2, 0.25) is 5.89 Å². The third-order valence-corrected chi connectivity index (χ3v) is 11.5. The number of benzene rings is 9. The second-order valence-corrected chi connectivity index (χ2v) is 15.1. The molecule has 0 amide bonds. The molecule has 6 heteroatoms. The van der Waals surface area contributed by atoms with Gasteiger partial charge in [-0.3, -0.25) is 0 Å². The Morgan fingerprint density at radius 3 is 1.67 bits per heavy atom. The lowest BCUT2D eigenvalue weighted by atomic mass is 10.0. The van der Waals surface area contributed by atoms with E-state index in [2.05, 4.69) is 174 Å². The molecule has 0 saturated carbocycles. The average Bonchev–Trinajstić information content (AvgIpc) is 4.04. The summed E-state index contributed by atoms with van der Waals surface area (Å²) >= 11 is 0. The highest BCUT2D eigenvalue weighted by Crippen LogP contribution is 2.48. The molecule has 0 unspecified atom stereocenters. The molecule has 0 saturated heterocycles. The number of fused-ring (bicyclic) bond motifs is 7. The van der Waals surface area contributed by atoms with Crippen molar-refractivity contribution in [1.29, 1.82) is 0 Å². The van der Waals surface area contributed by atoms with E-state index in [1.807, 2.05) is 48.5 Å². The monoisotopic (exact) mass is 785 g/mol. The van der Waals surface area contributed by atoms with Gasteiger partial charge in [0.25, 0.3) is 0 Å². The summed E-state index contributed by atoms with van der Waals surface area (Å²) in [6.07, 6.45) is 0. The average molecular weight is 786 g/mol.